The summed E-state index contributed by atoms with van der Waals surface area (Å²) in [5.74, 6) is 0.303. The number of anilines is 1. The monoisotopic (exact) mass is 286 g/mol. The van der Waals surface area contributed by atoms with Crippen molar-refractivity contribution in [1.82, 2.24) is 5.32 Å². The average Bonchev–Trinajstić information content (AvgIpc) is 2.96. The van der Waals surface area contributed by atoms with Crippen molar-refractivity contribution in [2.45, 2.75) is 57.9 Å². The van der Waals surface area contributed by atoms with Gasteiger partial charge in [0.15, 0.2) is 0 Å². The molecule has 0 aliphatic carbocycles. The van der Waals surface area contributed by atoms with Crippen molar-refractivity contribution in [1.29, 1.82) is 0 Å². The van der Waals surface area contributed by atoms with Crippen LogP contribution in [0.15, 0.2) is 18.2 Å². The third-order valence-electron chi connectivity index (χ3n) is 4.99. The molecule has 2 heterocycles. The van der Waals surface area contributed by atoms with E-state index in [0.717, 1.165) is 51.6 Å². The second-order valence-corrected chi connectivity index (χ2v) is 6.51. The maximum atomic E-state index is 13.3. The number of benzene rings is 1. The molecule has 0 saturated carbocycles. The van der Waals surface area contributed by atoms with Crippen LogP contribution in [-0.4, -0.2) is 24.5 Å². The molecule has 1 aromatic rings. The number of carbonyl (C=O) groups is 1. The van der Waals surface area contributed by atoms with Crippen molar-refractivity contribution in [2.75, 3.05) is 18.0 Å². The Balaban J connectivity index is 1.96. The normalized spacial score (nSPS) is 25.0. The molecule has 0 spiro atoms. The van der Waals surface area contributed by atoms with E-state index in [9.17, 15) is 4.79 Å². The van der Waals surface area contributed by atoms with Gasteiger partial charge in [0.25, 0.3) is 0 Å². The van der Waals surface area contributed by atoms with Gasteiger partial charge in [0.05, 0.1) is 5.54 Å². The van der Waals surface area contributed by atoms with Gasteiger partial charge in [0.2, 0.25) is 5.91 Å². The SMILES string of the molecule is CCCC1(C(=O)N2CCCc3cccc(C)c32)CCCN1. The van der Waals surface area contributed by atoms with E-state index in [1.54, 1.807) is 0 Å². The van der Waals surface area contributed by atoms with Crippen molar-refractivity contribution < 1.29 is 4.79 Å². The number of nitrogens with zero attached hydrogens (tertiary/aromatic N) is 1. The molecule has 0 radical (unpaired) electrons. The highest BCUT2D eigenvalue weighted by atomic mass is 16.2. The molecular weight excluding hydrogens is 260 g/mol. The maximum absolute atomic E-state index is 13.3. The minimum absolute atomic E-state index is 0.303. The number of fused-ring (bicyclic) bond motifs is 1. The zero-order chi connectivity index (χ0) is 14.9. The predicted molar refractivity (Wildman–Crippen MR) is 86.7 cm³/mol. The molecule has 1 N–H and O–H groups in total. The van der Waals surface area contributed by atoms with Crippen molar-refractivity contribution in [3.63, 3.8) is 0 Å². The zero-order valence-electron chi connectivity index (χ0n) is 13.2. The van der Waals surface area contributed by atoms with E-state index >= 15 is 0 Å². The lowest BCUT2D eigenvalue weighted by molar-refractivity contribution is -0.124. The lowest BCUT2D eigenvalue weighted by Crippen LogP contribution is -2.56. The summed E-state index contributed by atoms with van der Waals surface area (Å²) in [5, 5.41) is 3.53. The Morgan fingerprint density at radius 1 is 1.38 bits per heavy atom. The molecule has 1 amide bonds. The standard InChI is InChI=1S/C18H26N2O/c1-3-10-18(11-6-12-19-18)17(21)20-13-5-9-15-8-4-7-14(2)16(15)20/h4,7-8,19H,3,5-6,9-13H2,1-2H3. The van der Waals surface area contributed by atoms with Crippen LogP contribution in [0, 0.1) is 6.92 Å². The summed E-state index contributed by atoms with van der Waals surface area (Å²) in [4.78, 5) is 15.4. The molecular formula is C18H26N2O. The van der Waals surface area contributed by atoms with Gasteiger partial charge in [-0.1, -0.05) is 31.5 Å². The highest BCUT2D eigenvalue weighted by Crippen LogP contribution is 2.35. The van der Waals surface area contributed by atoms with Crippen LogP contribution in [0.3, 0.4) is 0 Å². The molecule has 2 aliphatic heterocycles. The molecule has 1 unspecified atom stereocenters. The van der Waals surface area contributed by atoms with Crippen LogP contribution in [0.4, 0.5) is 5.69 Å². The third kappa shape index (κ3) is 2.48. The van der Waals surface area contributed by atoms with Crippen LogP contribution in [0.2, 0.25) is 0 Å². The quantitative estimate of drug-likeness (QED) is 0.925. The summed E-state index contributed by atoms with van der Waals surface area (Å²) in [5.41, 5.74) is 3.42. The molecule has 0 aromatic heterocycles. The Kier molecular flexibility index (Phi) is 4.03. The molecule has 0 bridgehead atoms. The maximum Gasteiger partial charge on any atom is 0.247 e. The number of rotatable bonds is 3. The van der Waals surface area contributed by atoms with Crippen LogP contribution in [0.1, 0.15) is 50.2 Å². The van der Waals surface area contributed by atoms with E-state index in [-0.39, 0.29) is 5.54 Å². The lowest BCUT2D eigenvalue weighted by Gasteiger charge is -2.38. The van der Waals surface area contributed by atoms with E-state index in [2.05, 4.69) is 42.3 Å². The Bertz CT molecular complexity index is 532. The predicted octanol–water partition coefficient (Wildman–Crippen LogP) is 3.20. The van der Waals surface area contributed by atoms with Gasteiger partial charge in [0.1, 0.15) is 0 Å². The van der Waals surface area contributed by atoms with Crippen molar-refractivity contribution in [3.05, 3.63) is 29.3 Å². The molecule has 2 aliphatic rings. The fraction of sp³-hybridized carbons (Fsp3) is 0.611. The number of nitrogens with one attached hydrogen (secondary N) is 1. The lowest BCUT2D eigenvalue weighted by atomic mass is 9.88. The van der Waals surface area contributed by atoms with Crippen molar-refractivity contribution in [3.8, 4) is 0 Å². The number of amides is 1. The largest absolute Gasteiger partial charge is 0.310 e. The van der Waals surface area contributed by atoms with E-state index < -0.39 is 0 Å². The first-order valence-electron chi connectivity index (χ1n) is 8.33. The summed E-state index contributed by atoms with van der Waals surface area (Å²) in [6.45, 7) is 6.13. The smallest absolute Gasteiger partial charge is 0.247 e. The first kappa shape index (κ1) is 14.6. The van der Waals surface area contributed by atoms with E-state index in [0.29, 0.717) is 5.91 Å². The molecule has 3 heteroatoms. The van der Waals surface area contributed by atoms with E-state index in [1.807, 2.05) is 0 Å². The molecule has 3 rings (SSSR count). The Morgan fingerprint density at radius 2 is 2.24 bits per heavy atom. The van der Waals surface area contributed by atoms with Crippen LogP contribution < -0.4 is 10.2 Å². The summed E-state index contributed by atoms with van der Waals surface area (Å²) >= 11 is 0. The second kappa shape index (κ2) is 5.80. The Morgan fingerprint density at radius 3 is 2.95 bits per heavy atom. The van der Waals surface area contributed by atoms with Crippen molar-refractivity contribution in [2.24, 2.45) is 0 Å². The van der Waals surface area contributed by atoms with Gasteiger partial charge < -0.3 is 10.2 Å². The molecule has 1 fully saturated rings. The molecule has 114 valence electrons. The highest BCUT2D eigenvalue weighted by molar-refractivity contribution is 6.02. The van der Waals surface area contributed by atoms with Crippen LogP contribution in [0.5, 0.6) is 0 Å². The number of hydrogen-bond acceptors (Lipinski definition) is 2. The minimum atomic E-state index is -0.314. The highest BCUT2D eigenvalue weighted by Gasteiger charge is 2.43. The first-order valence-corrected chi connectivity index (χ1v) is 8.33. The molecule has 21 heavy (non-hydrogen) atoms. The first-order chi connectivity index (χ1) is 10.2. The fourth-order valence-corrected chi connectivity index (χ4v) is 4.04. The number of para-hydroxylation sites is 1. The fourth-order valence-electron chi connectivity index (χ4n) is 4.04. The summed E-state index contributed by atoms with van der Waals surface area (Å²) in [6.07, 6.45) is 6.26. The van der Waals surface area contributed by atoms with Gasteiger partial charge in [-0.05, 0) is 56.7 Å². The molecule has 1 aromatic carbocycles. The van der Waals surface area contributed by atoms with E-state index in [4.69, 9.17) is 0 Å². The minimum Gasteiger partial charge on any atom is -0.310 e. The van der Waals surface area contributed by atoms with E-state index in [1.165, 1.54) is 16.8 Å². The Labute approximate surface area is 127 Å². The van der Waals surface area contributed by atoms with Gasteiger partial charge in [-0.2, -0.15) is 0 Å². The summed E-state index contributed by atoms with van der Waals surface area (Å²) < 4.78 is 0. The Hall–Kier alpha value is -1.35. The zero-order valence-corrected chi connectivity index (χ0v) is 13.2. The van der Waals surface area contributed by atoms with Gasteiger partial charge in [0, 0.05) is 12.2 Å². The summed E-state index contributed by atoms with van der Waals surface area (Å²) in [6, 6.07) is 6.41. The second-order valence-electron chi connectivity index (χ2n) is 6.51. The van der Waals surface area contributed by atoms with Crippen LogP contribution >= 0.6 is 0 Å². The van der Waals surface area contributed by atoms with Gasteiger partial charge in [-0.15, -0.1) is 0 Å². The number of carbonyl (C=O) groups excluding carboxylic acids is 1. The molecule has 1 atom stereocenters. The molecule has 1 saturated heterocycles. The third-order valence-corrected chi connectivity index (χ3v) is 4.99. The molecule has 3 nitrogen and oxygen atoms in total. The number of hydrogen-bond donors (Lipinski definition) is 1. The summed E-state index contributed by atoms with van der Waals surface area (Å²) in [7, 11) is 0. The number of aryl methyl sites for hydroxylation is 2. The van der Waals surface area contributed by atoms with Gasteiger partial charge >= 0.3 is 0 Å². The van der Waals surface area contributed by atoms with Crippen molar-refractivity contribution >= 4 is 11.6 Å². The van der Waals surface area contributed by atoms with Crippen LogP contribution in [-0.2, 0) is 11.2 Å². The van der Waals surface area contributed by atoms with Crippen LogP contribution in [0.25, 0.3) is 0 Å². The average molecular weight is 286 g/mol. The van der Waals surface area contributed by atoms with Gasteiger partial charge in [-0.25, -0.2) is 0 Å². The van der Waals surface area contributed by atoms with Gasteiger partial charge in [-0.3, -0.25) is 4.79 Å². The topological polar surface area (TPSA) is 32.3 Å².